The molecule has 262 valence electrons. The Morgan fingerprint density at radius 1 is 0.660 bits per heavy atom. The molecule has 4 N–H and O–H groups in total. The van der Waals surface area contributed by atoms with Crippen molar-refractivity contribution in [1.29, 1.82) is 10.5 Å². The molecule has 2 atom stereocenters. The summed E-state index contributed by atoms with van der Waals surface area (Å²) in [6.07, 6.45) is 0.0427. The summed E-state index contributed by atoms with van der Waals surface area (Å²) in [7, 11) is -8.30. The van der Waals surface area contributed by atoms with Gasteiger partial charge in [0.2, 0.25) is 0 Å². The first-order valence-electron chi connectivity index (χ1n) is 14.9. The highest BCUT2D eigenvalue weighted by Gasteiger charge is 2.28. The number of nitriles is 2. The first-order valence-corrected chi connectivity index (χ1v) is 18.0. The van der Waals surface area contributed by atoms with E-state index in [-0.39, 0.29) is 85.8 Å². The SMILES string of the molecule is [C-]#[N+]/C(C#N)=c1/cc(OCCOCCC(c2ccccc2)S(=O)(=O)O)/c(=C(\C#N)[N+]#[C-])cc1OCCOCCC(c1ccccc1)S(O)(O)O. The smallest absolute Gasteiger partial charge is 0.272 e. The Bertz CT molecular complexity index is 1960. The summed E-state index contributed by atoms with van der Waals surface area (Å²) in [5, 5.41) is 17.1. The highest BCUT2D eigenvalue weighted by Crippen LogP contribution is 2.51. The van der Waals surface area contributed by atoms with E-state index in [0.29, 0.717) is 11.1 Å². The van der Waals surface area contributed by atoms with E-state index in [4.69, 9.17) is 32.1 Å². The molecule has 0 aliphatic rings. The lowest BCUT2D eigenvalue weighted by molar-refractivity contribution is 0.0954. The summed E-state index contributed by atoms with van der Waals surface area (Å²) in [5.74, 6) is -0.00814. The molecular formula is C34H34N4O10S2. The average Bonchev–Trinajstić information content (AvgIpc) is 3.09. The third kappa shape index (κ3) is 11.6. The fraction of sp³-hybridized carbons (Fsp3) is 0.294. The van der Waals surface area contributed by atoms with Gasteiger partial charge in [-0.25, -0.2) is 20.2 Å². The Morgan fingerprint density at radius 3 is 1.42 bits per heavy atom. The molecule has 3 rings (SSSR count). The second kappa shape index (κ2) is 19.3. The summed E-state index contributed by atoms with van der Waals surface area (Å²) in [5.41, 5.74) is 0.218. The predicted octanol–water partition coefficient (Wildman–Crippen LogP) is 4.95. The molecule has 0 amide bonds. The second-order valence-electron chi connectivity index (χ2n) is 10.4. The summed E-state index contributed by atoms with van der Waals surface area (Å²) < 4.78 is 85.9. The van der Waals surface area contributed by atoms with E-state index < -0.39 is 31.5 Å². The maximum Gasteiger partial charge on any atom is 0.272 e. The summed E-state index contributed by atoms with van der Waals surface area (Å²) in [6, 6.07) is 22.8. The van der Waals surface area contributed by atoms with E-state index in [0.717, 1.165) is 0 Å². The zero-order valence-electron chi connectivity index (χ0n) is 26.6. The predicted molar refractivity (Wildman–Crippen MR) is 184 cm³/mol. The molecule has 2 unspecified atom stereocenters. The Morgan fingerprint density at radius 2 is 1.06 bits per heavy atom. The normalized spacial score (nSPS) is 14.1. The number of hydrogen-bond donors (Lipinski definition) is 4. The highest BCUT2D eigenvalue weighted by atomic mass is 32.3. The van der Waals surface area contributed by atoms with Crippen LogP contribution in [-0.2, 0) is 19.6 Å². The fourth-order valence-electron chi connectivity index (χ4n) is 4.80. The van der Waals surface area contributed by atoms with Gasteiger partial charge >= 0.3 is 0 Å². The standard InChI is InChI=1S/C34H34N4O10S2/c1-37-29(23-35)27-21-32(48-20-18-46-16-14-34(50(42,43)44)26-11-7-4-8-12-26)28(30(24-36)38-2)22-31(27)47-19-17-45-15-13-33(49(39,40)41)25-9-5-3-6-10-25/h3-12,21-22,33-34,39-41H,13-20H2,(H,42,43,44)/b29-27-,30-28+. The third-order valence-corrected chi connectivity index (χ3v) is 9.63. The lowest BCUT2D eigenvalue weighted by Crippen LogP contribution is -2.22. The molecule has 0 saturated heterocycles. The molecule has 3 aromatic carbocycles. The van der Waals surface area contributed by atoms with Gasteiger partial charge < -0.3 is 32.6 Å². The van der Waals surface area contributed by atoms with E-state index in [9.17, 15) is 37.2 Å². The van der Waals surface area contributed by atoms with Crippen LogP contribution in [0.2, 0.25) is 0 Å². The molecule has 0 aromatic heterocycles. The van der Waals surface area contributed by atoms with Gasteiger partial charge in [0.1, 0.15) is 30.0 Å². The van der Waals surface area contributed by atoms with Crippen molar-refractivity contribution in [3.05, 3.63) is 117 Å². The third-order valence-electron chi connectivity index (χ3n) is 7.13. The lowest BCUT2D eigenvalue weighted by Gasteiger charge is -2.30. The van der Waals surface area contributed by atoms with E-state index in [1.54, 1.807) is 72.8 Å². The van der Waals surface area contributed by atoms with Crippen molar-refractivity contribution in [2.24, 2.45) is 0 Å². The fourth-order valence-corrected chi connectivity index (χ4v) is 6.63. The van der Waals surface area contributed by atoms with Crippen LogP contribution in [-0.4, -0.2) is 66.3 Å². The number of hydrogen-bond acceptors (Lipinski definition) is 11. The number of benzene rings is 3. The Kier molecular flexibility index (Phi) is 15.2. The summed E-state index contributed by atoms with van der Waals surface area (Å²) in [4.78, 5) is 6.49. The Hall–Kier alpha value is -4.98. The molecule has 0 radical (unpaired) electrons. The highest BCUT2D eigenvalue weighted by molar-refractivity contribution is 8.19. The van der Waals surface area contributed by atoms with Crippen molar-refractivity contribution in [1.82, 2.24) is 0 Å². The Labute approximate surface area is 291 Å². The molecule has 0 heterocycles. The van der Waals surface area contributed by atoms with Crippen molar-refractivity contribution in [3.8, 4) is 23.6 Å². The van der Waals surface area contributed by atoms with Crippen molar-refractivity contribution >= 4 is 32.4 Å². The first-order chi connectivity index (χ1) is 23.9. The van der Waals surface area contributed by atoms with Gasteiger partial charge in [-0.2, -0.15) is 8.42 Å². The minimum absolute atomic E-state index is 0.0000136. The van der Waals surface area contributed by atoms with Gasteiger partial charge in [-0.05, 0) is 36.1 Å². The van der Waals surface area contributed by atoms with Gasteiger partial charge in [0.05, 0.1) is 54.6 Å². The van der Waals surface area contributed by atoms with E-state index in [1.165, 1.54) is 12.1 Å². The number of ether oxygens (including phenoxy) is 4. The van der Waals surface area contributed by atoms with Crippen LogP contribution < -0.4 is 19.9 Å². The van der Waals surface area contributed by atoms with Gasteiger partial charge in [-0.3, -0.25) is 4.55 Å². The van der Waals surface area contributed by atoms with Crippen LogP contribution in [0.5, 0.6) is 11.5 Å². The van der Waals surface area contributed by atoms with Crippen molar-refractivity contribution < 1.29 is 45.6 Å². The van der Waals surface area contributed by atoms with Crippen molar-refractivity contribution in [2.45, 2.75) is 23.3 Å². The largest absolute Gasteiger partial charge is 0.492 e. The van der Waals surface area contributed by atoms with Gasteiger partial charge in [-0.1, -0.05) is 60.7 Å². The first kappa shape index (κ1) is 39.5. The van der Waals surface area contributed by atoms with Crippen LogP contribution in [0.3, 0.4) is 0 Å². The van der Waals surface area contributed by atoms with Gasteiger partial charge in [-0.15, -0.1) is 0 Å². The van der Waals surface area contributed by atoms with Crippen LogP contribution in [0, 0.1) is 35.8 Å². The van der Waals surface area contributed by atoms with Crippen molar-refractivity contribution in [2.75, 3.05) is 39.6 Å². The molecule has 0 spiro atoms. The van der Waals surface area contributed by atoms with E-state index in [2.05, 4.69) is 9.69 Å². The van der Waals surface area contributed by atoms with Crippen LogP contribution in [0.4, 0.5) is 0 Å². The second-order valence-corrected chi connectivity index (χ2v) is 13.7. The molecular weight excluding hydrogens is 689 g/mol. The molecule has 14 nitrogen and oxygen atoms in total. The van der Waals surface area contributed by atoms with Gasteiger partial charge in [0.25, 0.3) is 21.5 Å². The van der Waals surface area contributed by atoms with Crippen LogP contribution in [0.15, 0.2) is 72.8 Å². The maximum atomic E-state index is 11.9. The topological polar surface area (TPSA) is 208 Å². The molecule has 0 fully saturated rings. The van der Waals surface area contributed by atoms with Crippen molar-refractivity contribution in [3.63, 3.8) is 0 Å². The summed E-state index contributed by atoms with van der Waals surface area (Å²) in [6.45, 7) is 14.6. The van der Waals surface area contributed by atoms with Crippen LogP contribution >= 0.6 is 10.9 Å². The minimum Gasteiger partial charge on any atom is -0.492 e. The molecule has 3 aromatic rings. The van der Waals surface area contributed by atoms with Gasteiger partial charge in [0, 0.05) is 23.7 Å². The van der Waals surface area contributed by atoms with E-state index >= 15 is 0 Å². The average molecular weight is 723 g/mol. The number of rotatable bonds is 18. The number of nitrogens with zero attached hydrogens (tertiary/aromatic N) is 4. The zero-order valence-corrected chi connectivity index (χ0v) is 28.2. The summed E-state index contributed by atoms with van der Waals surface area (Å²) >= 11 is 0. The van der Waals surface area contributed by atoms with Gasteiger partial charge in [0.15, 0.2) is 0 Å². The molecule has 16 heteroatoms. The quantitative estimate of drug-likeness (QED) is 0.0781. The molecule has 0 saturated carbocycles. The molecule has 50 heavy (non-hydrogen) atoms. The van der Waals surface area contributed by atoms with Crippen LogP contribution in [0.25, 0.3) is 21.1 Å². The minimum atomic E-state index is -4.40. The lowest BCUT2D eigenvalue weighted by atomic mass is 10.1. The maximum absolute atomic E-state index is 11.9. The monoisotopic (exact) mass is 722 g/mol. The Balaban J connectivity index is 1.70. The molecule has 0 aliphatic heterocycles. The van der Waals surface area contributed by atoms with Crippen LogP contribution in [0.1, 0.15) is 34.5 Å². The molecule has 0 bridgehead atoms. The molecule has 0 aliphatic carbocycles. The zero-order chi connectivity index (χ0) is 36.6. The van der Waals surface area contributed by atoms with E-state index in [1.807, 2.05) is 0 Å².